The first kappa shape index (κ1) is 40.8. The Labute approximate surface area is 266 Å². The molecule has 0 bridgehead atoms. The first-order valence-corrected chi connectivity index (χ1v) is 16.9. The third-order valence-electron chi connectivity index (χ3n) is 7.65. The zero-order valence-electron chi connectivity index (χ0n) is 29.7. The largest absolute Gasteiger partial charge is 0.481 e. The number of unbranched alkanes of at least 4 members (excludes halogenated alkanes) is 1. The average Bonchev–Trinajstić information content (AvgIpc) is 2.97. The second-order valence-electron chi connectivity index (χ2n) is 12.3. The summed E-state index contributed by atoms with van der Waals surface area (Å²) < 4.78 is 12.2. The van der Waals surface area contributed by atoms with E-state index in [-0.39, 0.29) is 18.1 Å². The second kappa shape index (κ2) is 25.2. The molecule has 0 heterocycles. The fraction of sp³-hybridized carbons (Fsp3) is 0.730. The van der Waals surface area contributed by atoms with Crippen molar-refractivity contribution in [2.24, 2.45) is 22.7 Å². The molecule has 0 radical (unpaired) electrons. The van der Waals surface area contributed by atoms with Crippen LogP contribution in [0.25, 0.3) is 0 Å². The number of amides is 1. The lowest BCUT2D eigenvalue weighted by Crippen LogP contribution is -2.34. The normalized spacial score (nSPS) is 16.2. The van der Waals surface area contributed by atoms with Crippen LogP contribution in [0, 0.1) is 17.8 Å². The van der Waals surface area contributed by atoms with Crippen LogP contribution in [-0.2, 0) is 14.3 Å². The average molecular weight is 602 g/mol. The van der Waals surface area contributed by atoms with E-state index in [1.165, 1.54) is 18.4 Å². The van der Waals surface area contributed by atoms with Crippen LogP contribution in [0.5, 0.6) is 0 Å². The Morgan fingerprint density at radius 1 is 1.00 bits per heavy atom. The molecule has 1 amide bonds. The van der Waals surface area contributed by atoms with Gasteiger partial charge in [0.25, 0.3) is 0 Å². The fourth-order valence-electron chi connectivity index (χ4n) is 4.75. The van der Waals surface area contributed by atoms with Gasteiger partial charge in [0.1, 0.15) is 0 Å². The molecule has 0 aliphatic carbocycles. The molecule has 248 valence electrons. The predicted octanol–water partition coefficient (Wildman–Crippen LogP) is 8.90. The van der Waals surface area contributed by atoms with Crippen molar-refractivity contribution in [2.45, 2.75) is 126 Å². The number of hydrogen-bond donors (Lipinski definition) is 1. The number of nitrogens with one attached hydrogen (secondary N) is 1. The predicted molar refractivity (Wildman–Crippen MR) is 187 cm³/mol. The standard InChI is InChI=1S/C37H67N3O3/c1-12-17-20-35(33(18-13-2)22-21-30(8)15-4)43-28-31(9)27-38-34(19-14-3)26-36(42-11)39-32(10)25-37(41)40(16-5)24-23-29(6)7/h14-15,19,21-22,26,29,31,33-35,38H,12-13,16-18,20,23-25,27-28H2,1-11H3/b19-14?,22-21-,30-15-,36-26+,39-32?/t31-,33+,34?,35?/m1/s1. The van der Waals surface area contributed by atoms with Gasteiger partial charge in [0.05, 0.1) is 26.2 Å². The van der Waals surface area contributed by atoms with Crippen LogP contribution in [0.1, 0.15) is 114 Å². The van der Waals surface area contributed by atoms with Gasteiger partial charge in [-0.1, -0.05) is 89.8 Å². The molecule has 2 unspecified atom stereocenters. The maximum absolute atomic E-state index is 12.8. The number of rotatable bonds is 24. The fourth-order valence-corrected chi connectivity index (χ4v) is 4.75. The van der Waals surface area contributed by atoms with Gasteiger partial charge in [-0.05, 0) is 71.8 Å². The third-order valence-corrected chi connectivity index (χ3v) is 7.65. The van der Waals surface area contributed by atoms with Crippen molar-refractivity contribution in [3.8, 4) is 0 Å². The molecule has 43 heavy (non-hydrogen) atoms. The van der Waals surface area contributed by atoms with Gasteiger partial charge in [-0.25, -0.2) is 4.99 Å². The zero-order valence-corrected chi connectivity index (χ0v) is 29.7. The minimum atomic E-state index is -0.0386. The molecule has 0 aliphatic rings. The number of nitrogens with zero attached hydrogens (tertiary/aromatic N) is 2. The number of carbonyl (C=O) groups excluding carboxylic acids is 1. The van der Waals surface area contributed by atoms with Gasteiger partial charge in [-0.15, -0.1) is 0 Å². The summed E-state index contributed by atoms with van der Waals surface area (Å²) in [6.45, 7) is 24.3. The summed E-state index contributed by atoms with van der Waals surface area (Å²) in [6, 6.07) is -0.0386. The summed E-state index contributed by atoms with van der Waals surface area (Å²) in [6.07, 6.45) is 20.2. The zero-order chi connectivity index (χ0) is 32.6. The Kier molecular flexibility index (Phi) is 23.9. The lowest BCUT2D eigenvalue weighted by atomic mass is 9.92. The Hall–Kier alpha value is -2.18. The lowest BCUT2D eigenvalue weighted by molar-refractivity contribution is -0.129. The van der Waals surface area contributed by atoms with Crippen LogP contribution >= 0.6 is 0 Å². The van der Waals surface area contributed by atoms with Crippen molar-refractivity contribution in [2.75, 3.05) is 33.4 Å². The first-order chi connectivity index (χ1) is 20.5. The highest BCUT2D eigenvalue weighted by Crippen LogP contribution is 2.23. The first-order valence-electron chi connectivity index (χ1n) is 16.9. The molecule has 0 rings (SSSR count). The Morgan fingerprint density at radius 2 is 1.72 bits per heavy atom. The van der Waals surface area contributed by atoms with Crippen molar-refractivity contribution >= 4 is 11.6 Å². The highest BCUT2D eigenvalue weighted by atomic mass is 16.5. The number of methoxy groups -OCH3 is 1. The maximum Gasteiger partial charge on any atom is 0.228 e. The number of allylic oxidation sites excluding steroid dienone is 4. The van der Waals surface area contributed by atoms with Crippen LogP contribution < -0.4 is 5.32 Å². The maximum atomic E-state index is 12.8. The Bertz CT molecular complexity index is 888. The summed E-state index contributed by atoms with van der Waals surface area (Å²) in [5, 5.41) is 3.63. The van der Waals surface area contributed by atoms with Gasteiger partial charge in [0.2, 0.25) is 11.8 Å². The van der Waals surface area contributed by atoms with Crippen LogP contribution in [0.3, 0.4) is 0 Å². The van der Waals surface area contributed by atoms with E-state index in [0.29, 0.717) is 43.2 Å². The molecule has 0 aromatic rings. The number of carbonyl (C=O) groups is 1. The van der Waals surface area contributed by atoms with Crippen LogP contribution in [0.15, 0.2) is 52.9 Å². The molecule has 0 spiro atoms. The summed E-state index contributed by atoms with van der Waals surface area (Å²) in [7, 11) is 1.63. The molecule has 0 saturated carbocycles. The highest BCUT2D eigenvalue weighted by molar-refractivity contribution is 6.00. The van der Waals surface area contributed by atoms with E-state index < -0.39 is 0 Å². The molecular formula is C37H67N3O3. The third kappa shape index (κ3) is 19.7. The molecule has 1 N–H and O–H groups in total. The van der Waals surface area contributed by atoms with E-state index in [2.05, 4.69) is 83.1 Å². The summed E-state index contributed by atoms with van der Waals surface area (Å²) in [4.78, 5) is 19.4. The molecular weight excluding hydrogens is 534 g/mol. The van der Waals surface area contributed by atoms with E-state index in [1.807, 2.05) is 37.8 Å². The van der Waals surface area contributed by atoms with E-state index in [1.54, 1.807) is 7.11 Å². The van der Waals surface area contributed by atoms with E-state index in [9.17, 15) is 4.79 Å². The number of ether oxygens (including phenoxy) is 2. The SMILES string of the molecule is CC=CC(/C=C(\N=C(C)CC(=O)N(CC)CCC(C)C)OC)NC[C@@H](C)COC(CCCC)[C@H](/C=C\C(C)=C/C)CCC. The van der Waals surface area contributed by atoms with Gasteiger partial charge >= 0.3 is 0 Å². The lowest BCUT2D eigenvalue weighted by Gasteiger charge is -2.27. The molecule has 0 aromatic carbocycles. The monoisotopic (exact) mass is 602 g/mol. The van der Waals surface area contributed by atoms with Crippen molar-refractivity contribution in [1.29, 1.82) is 0 Å². The smallest absolute Gasteiger partial charge is 0.228 e. The minimum absolute atomic E-state index is 0.0386. The summed E-state index contributed by atoms with van der Waals surface area (Å²) in [5.74, 6) is 1.97. The molecule has 6 nitrogen and oxygen atoms in total. The van der Waals surface area contributed by atoms with E-state index in [0.717, 1.165) is 44.5 Å². The van der Waals surface area contributed by atoms with Crippen LogP contribution in [0.2, 0.25) is 0 Å². The van der Waals surface area contributed by atoms with Crippen LogP contribution in [-0.4, -0.2) is 62.0 Å². The molecule has 4 atom stereocenters. The van der Waals surface area contributed by atoms with Crippen LogP contribution in [0.4, 0.5) is 0 Å². The van der Waals surface area contributed by atoms with Crippen molar-refractivity contribution in [1.82, 2.24) is 10.2 Å². The van der Waals surface area contributed by atoms with Crippen molar-refractivity contribution < 1.29 is 14.3 Å². The second-order valence-corrected chi connectivity index (χ2v) is 12.3. The molecule has 6 heteroatoms. The summed E-state index contributed by atoms with van der Waals surface area (Å²) >= 11 is 0. The minimum Gasteiger partial charge on any atom is -0.481 e. The Balaban J connectivity index is 5.36. The van der Waals surface area contributed by atoms with E-state index >= 15 is 0 Å². The molecule has 0 aromatic heterocycles. The van der Waals surface area contributed by atoms with Gasteiger partial charge in [-0.3, -0.25) is 4.79 Å². The molecule has 0 saturated heterocycles. The summed E-state index contributed by atoms with van der Waals surface area (Å²) in [5.41, 5.74) is 2.04. The quantitative estimate of drug-likeness (QED) is 0.0519. The van der Waals surface area contributed by atoms with Gasteiger partial charge in [-0.2, -0.15) is 0 Å². The number of hydrogen-bond acceptors (Lipinski definition) is 5. The van der Waals surface area contributed by atoms with Crippen molar-refractivity contribution in [3.05, 3.63) is 47.9 Å². The van der Waals surface area contributed by atoms with Gasteiger partial charge in [0.15, 0.2) is 0 Å². The highest BCUT2D eigenvalue weighted by Gasteiger charge is 2.20. The number of aliphatic imine (C=N–C) groups is 1. The van der Waals surface area contributed by atoms with Gasteiger partial charge in [0, 0.05) is 37.3 Å². The van der Waals surface area contributed by atoms with Gasteiger partial charge < -0.3 is 19.7 Å². The Morgan fingerprint density at radius 3 is 2.28 bits per heavy atom. The van der Waals surface area contributed by atoms with Crippen molar-refractivity contribution in [3.63, 3.8) is 0 Å². The molecule has 0 fully saturated rings. The van der Waals surface area contributed by atoms with E-state index in [4.69, 9.17) is 9.47 Å². The molecule has 0 aliphatic heterocycles. The topological polar surface area (TPSA) is 63.2 Å².